The van der Waals surface area contributed by atoms with Crippen LogP contribution in [-0.2, 0) is 16.1 Å². The Balaban J connectivity index is 1.39. The van der Waals surface area contributed by atoms with E-state index in [1.54, 1.807) is 60.7 Å². The summed E-state index contributed by atoms with van der Waals surface area (Å²) in [5.74, 6) is 0.701. The van der Waals surface area contributed by atoms with Crippen LogP contribution in [0.4, 0.5) is 15.8 Å². The third-order valence-corrected chi connectivity index (χ3v) is 4.98. The van der Waals surface area contributed by atoms with Gasteiger partial charge in [-0.3, -0.25) is 9.59 Å². The zero-order valence-corrected chi connectivity index (χ0v) is 18.0. The van der Waals surface area contributed by atoms with Gasteiger partial charge in [0.15, 0.2) is 13.2 Å². The van der Waals surface area contributed by atoms with Crippen molar-refractivity contribution in [2.45, 2.75) is 13.5 Å². The van der Waals surface area contributed by atoms with Gasteiger partial charge < -0.3 is 24.4 Å². The molecule has 8 heteroatoms. The molecule has 33 heavy (non-hydrogen) atoms. The summed E-state index contributed by atoms with van der Waals surface area (Å²) in [5.41, 5.74) is 1.41. The van der Waals surface area contributed by atoms with Gasteiger partial charge in [-0.25, -0.2) is 4.39 Å². The van der Waals surface area contributed by atoms with E-state index >= 15 is 0 Å². The third-order valence-electron chi connectivity index (χ3n) is 4.98. The predicted molar refractivity (Wildman–Crippen MR) is 121 cm³/mol. The Kier molecular flexibility index (Phi) is 6.73. The Hall–Kier alpha value is -4.07. The molecule has 3 aromatic carbocycles. The number of halogens is 1. The lowest BCUT2D eigenvalue weighted by Gasteiger charge is -2.30. The highest BCUT2D eigenvalue weighted by atomic mass is 19.1. The molecule has 170 valence electrons. The van der Waals surface area contributed by atoms with Gasteiger partial charge in [-0.2, -0.15) is 0 Å². The molecule has 0 radical (unpaired) electrons. The second-order valence-electron chi connectivity index (χ2n) is 7.28. The van der Waals surface area contributed by atoms with Gasteiger partial charge in [-0.05, 0) is 49.4 Å². The first kappa shape index (κ1) is 22.1. The van der Waals surface area contributed by atoms with Crippen LogP contribution in [0.15, 0.2) is 66.7 Å². The Labute approximate surface area is 190 Å². The maximum absolute atomic E-state index is 14.1. The summed E-state index contributed by atoms with van der Waals surface area (Å²) < 4.78 is 30.5. The number of hydrogen-bond donors (Lipinski definition) is 1. The molecule has 0 saturated heterocycles. The number of nitrogens with one attached hydrogen (secondary N) is 1. The summed E-state index contributed by atoms with van der Waals surface area (Å²) >= 11 is 0. The van der Waals surface area contributed by atoms with Gasteiger partial charge in [0.25, 0.3) is 11.8 Å². The summed E-state index contributed by atoms with van der Waals surface area (Å²) in [5, 5.41) is 2.75. The number of amides is 2. The monoisotopic (exact) mass is 450 g/mol. The molecular weight excluding hydrogens is 427 g/mol. The second kappa shape index (κ2) is 10.0. The topological polar surface area (TPSA) is 77.1 Å². The molecule has 1 aliphatic heterocycles. The molecule has 3 aromatic rings. The maximum Gasteiger partial charge on any atom is 0.265 e. The van der Waals surface area contributed by atoms with Crippen LogP contribution in [0.2, 0.25) is 0 Å². The first-order valence-corrected chi connectivity index (χ1v) is 10.5. The first-order chi connectivity index (χ1) is 16.0. The average molecular weight is 450 g/mol. The Morgan fingerprint density at radius 2 is 1.79 bits per heavy atom. The number of ether oxygens (including phenoxy) is 3. The molecule has 0 aromatic heterocycles. The SMILES string of the molecule is CCOc1ccc(OCC(=O)Nc2ccc3c(c2)OCC(=O)N3Cc2ccccc2F)cc1. The number of fused-ring (bicyclic) bond motifs is 1. The fourth-order valence-electron chi connectivity index (χ4n) is 3.40. The summed E-state index contributed by atoms with van der Waals surface area (Å²) in [6, 6.07) is 18.3. The summed E-state index contributed by atoms with van der Waals surface area (Å²) in [7, 11) is 0. The van der Waals surface area contributed by atoms with Crippen molar-refractivity contribution in [3.05, 3.63) is 78.1 Å². The van der Waals surface area contributed by atoms with Gasteiger partial charge in [0.05, 0.1) is 18.8 Å². The quantitative estimate of drug-likeness (QED) is 0.558. The van der Waals surface area contributed by atoms with Crippen LogP contribution in [0.5, 0.6) is 17.2 Å². The molecule has 1 heterocycles. The van der Waals surface area contributed by atoms with E-state index in [0.29, 0.717) is 35.0 Å². The third kappa shape index (κ3) is 5.41. The highest BCUT2D eigenvalue weighted by molar-refractivity contribution is 5.99. The zero-order valence-electron chi connectivity index (χ0n) is 18.0. The summed E-state index contributed by atoms with van der Waals surface area (Å²) in [4.78, 5) is 26.2. The lowest BCUT2D eigenvalue weighted by molar-refractivity contribution is -0.121. The Morgan fingerprint density at radius 3 is 2.52 bits per heavy atom. The minimum absolute atomic E-state index is 0.0868. The molecular formula is C25H23FN2O5. The standard InChI is InChI=1S/C25H23FN2O5/c1-2-31-19-8-10-20(11-9-19)32-15-24(29)27-18-7-12-22-23(13-18)33-16-25(30)28(22)14-17-5-3-4-6-21(17)26/h3-13H,2,14-16H2,1H3,(H,27,29). The molecule has 0 atom stereocenters. The normalized spacial score (nSPS) is 12.5. The van der Waals surface area contributed by atoms with E-state index in [4.69, 9.17) is 14.2 Å². The fraction of sp³-hybridized carbons (Fsp3) is 0.200. The van der Waals surface area contributed by atoms with E-state index in [2.05, 4.69) is 5.32 Å². The van der Waals surface area contributed by atoms with Crippen LogP contribution in [0, 0.1) is 5.82 Å². The van der Waals surface area contributed by atoms with E-state index in [9.17, 15) is 14.0 Å². The number of carbonyl (C=O) groups is 2. The minimum Gasteiger partial charge on any atom is -0.494 e. The molecule has 0 spiro atoms. The van der Waals surface area contributed by atoms with Crippen molar-refractivity contribution in [2.24, 2.45) is 0 Å². The van der Waals surface area contributed by atoms with Gasteiger partial charge in [0.2, 0.25) is 0 Å². The van der Waals surface area contributed by atoms with Crippen molar-refractivity contribution in [1.82, 2.24) is 0 Å². The molecule has 0 aliphatic carbocycles. The van der Waals surface area contributed by atoms with Crippen molar-refractivity contribution in [3.63, 3.8) is 0 Å². The van der Waals surface area contributed by atoms with Crippen LogP contribution in [-0.4, -0.2) is 31.6 Å². The summed E-state index contributed by atoms with van der Waals surface area (Å²) in [6.07, 6.45) is 0. The number of rotatable bonds is 8. The molecule has 4 rings (SSSR count). The molecule has 7 nitrogen and oxygen atoms in total. The number of benzene rings is 3. The van der Waals surface area contributed by atoms with E-state index in [0.717, 1.165) is 5.75 Å². The number of hydrogen-bond acceptors (Lipinski definition) is 5. The summed E-state index contributed by atoms with van der Waals surface area (Å²) in [6.45, 7) is 2.22. The van der Waals surface area contributed by atoms with Crippen LogP contribution in [0.3, 0.4) is 0 Å². The number of carbonyl (C=O) groups excluding carboxylic acids is 2. The molecule has 0 saturated carbocycles. The van der Waals surface area contributed by atoms with E-state index < -0.39 is 0 Å². The minimum atomic E-state index is -0.380. The number of nitrogens with zero attached hydrogens (tertiary/aromatic N) is 1. The van der Waals surface area contributed by atoms with Crippen molar-refractivity contribution in [2.75, 3.05) is 30.0 Å². The molecule has 0 fully saturated rings. The highest BCUT2D eigenvalue weighted by Gasteiger charge is 2.26. The Bertz CT molecular complexity index is 1150. The molecule has 1 N–H and O–H groups in total. The van der Waals surface area contributed by atoms with Crippen LogP contribution < -0.4 is 24.4 Å². The van der Waals surface area contributed by atoms with Gasteiger partial charge in [-0.1, -0.05) is 18.2 Å². The number of anilines is 2. The van der Waals surface area contributed by atoms with Gasteiger partial charge in [0.1, 0.15) is 23.1 Å². The van der Waals surface area contributed by atoms with E-state index in [-0.39, 0.29) is 37.4 Å². The maximum atomic E-state index is 14.1. The van der Waals surface area contributed by atoms with Crippen molar-refractivity contribution in [3.8, 4) is 17.2 Å². The smallest absolute Gasteiger partial charge is 0.265 e. The molecule has 0 unspecified atom stereocenters. The fourth-order valence-corrected chi connectivity index (χ4v) is 3.40. The lowest BCUT2D eigenvalue weighted by atomic mass is 10.1. The Morgan fingerprint density at radius 1 is 1.06 bits per heavy atom. The second-order valence-corrected chi connectivity index (χ2v) is 7.28. The van der Waals surface area contributed by atoms with Crippen molar-refractivity contribution in [1.29, 1.82) is 0 Å². The van der Waals surface area contributed by atoms with Crippen LogP contribution in [0.1, 0.15) is 12.5 Å². The molecule has 2 amide bonds. The van der Waals surface area contributed by atoms with E-state index in [1.165, 1.54) is 11.0 Å². The molecule has 1 aliphatic rings. The molecule has 0 bridgehead atoms. The van der Waals surface area contributed by atoms with E-state index in [1.807, 2.05) is 6.92 Å². The van der Waals surface area contributed by atoms with Crippen molar-refractivity contribution < 1.29 is 28.2 Å². The largest absolute Gasteiger partial charge is 0.494 e. The van der Waals surface area contributed by atoms with Gasteiger partial charge >= 0.3 is 0 Å². The van der Waals surface area contributed by atoms with Gasteiger partial charge in [-0.15, -0.1) is 0 Å². The predicted octanol–water partition coefficient (Wildman–Crippen LogP) is 4.17. The lowest BCUT2D eigenvalue weighted by Crippen LogP contribution is -2.38. The van der Waals surface area contributed by atoms with Crippen LogP contribution >= 0.6 is 0 Å². The van der Waals surface area contributed by atoms with Gasteiger partial charge in [0, 0.05) is 17.3 Å². The first-order valence-electron chi connectivity index (χ1n) is 10.5. The van der Waals surface area contributed by atoms with Crippen LogP contribution in [0.25, 0.3) is 0 Å². The zero-order chi connectivity index (χ0) is 23.2. The highest BCUT2D eigenvalue weighted by Crippen LogP contribution is 2.35. The average Bonchev–Trinajstić information content (AvgIpc) is 2.82. The van der Waals surface area contributed by atoms with Crippen molar-refractivity contribution >= 4 is 23.2 Å².